The van der Waals surface area contributed by atoms with Crippen LogP contribution in [0.3, 0.4) is 0 Å². The topological polar surface area (TPSA) is 41.1 Å². The molecule has 1 unspecified atom stereocenters. The van der Waals surface area contributed by atoms with E-state index in [2.05, 4.69) is 26.6 Å². The van der Waals surface area contributed by atoms with Crippen molar-refractivity contribution in [2.24, 2.45) is 0 Å². The highest BCUT2D eigenvalue weighted by Gasteiger charge is 2.21. The molecule has 2 N–H and O–H groups in total. The van der Waals surface area contributed by atoms with Gasteiger partial charge in [0, 0.05) is 4.47 Å². The van der Waals surface area contributed by atoms with Gasteiger partial charge in [0.1, 0.15) is 6.04 Å². The third kappa shape index (κ3) is 1.50. The molecule has 14 heavy (non-hydrogen) atoms. The number of amides is 1. The molecule has 1 aromatic carbocycles. The van der Waals surface area contributed by atoms with Crippen LogP contribution in [-0.4, -0.2) is 11.9 Å². The highest BCUT2D eigenvalue weighted by molar-refractivity contribution is 9.10. The molecule has 1 amide bonds. The minimum Gasteiger partial charge on any atom is -0.372 e. The molecule has 2 rings (SSSR count). The summed E-state index contributed by atoms with van der Waals surface area (Å²) < 4.78 is 1.05. The lowest BCUT2D eigenvalue weighted by molar-refractivity contribution is -0.116. The van der Waals surface area contributed by atoms with Gasteiger partial charge in [-0.1, -0.05) is 15.9 Å². The Balaban J connectivity index is 2.47. The maximum absolute atomic E-state index is 11.4. The number of hydrogen-bond acceptors (Lipinski definition) is 2. The van der Waals surface area contributed by atoms with Crippen molar-refractivity contribution < 1.29 is 4.79 Å². The second-order valence-corrected chi connectivity index (χ2v) is 4.36. The maximum atomic E-state index is 11.4. The van der Waals surface area contributed by atoms with Crippen molar-refractivity contribution in [3.8, 4) is 0 Å². The molecule has 4 heteroatoms. The predicted molar refractivity (Wildman–Crippen MR) is 60.6 cm³/mol. The summed E-state index contributed by atoms with van der Waals surface area (Å²) in [7, 11) is 0. The van der Waals surface area contributed by atoms with Crippen molar-refractivity contribution in [2.45, 2.75) is 19.9 Å². The van der Waals surface area contributed by atoms with Gasteiger partial charge in [0.2, 0.25) is 5.91 Å². The number of carbonyl (C=O) groups excluding carboxylic acids is 1. The molecule has 0 aromatic heterocycles. The van der Waals surface area contributed by atoms with E-state index in [1.807, 2.05) is 26.0 Å². The van der Waals surface area contributed by atoms with Crippen LogP contribution in [0.1, 0.15) is 12.5 Å². The van der Waals surface area contributed by atoms with Gasteiger partial charge in [0.25, 0.3) is 0 Å². The number of fused-ring (bicyclic) bond motifs is 1. The monoisotopic (exact) mass is 254 g/mol. The lowest BCUT2D eigenvalue weighted by Crippen LogP contribution is -2.36. The van der Waals surface area contributed by atoms with Crippen LogP contribution in [0.2, 0.25) is 0 Å². The van der Waals surface area contributed by atoms with Crippen molar-refractivity contribution in [1.29, 1.82) is 0 Å². The molecule has 0 radical (unpaired) electrons. The quantitative estimate of drug-likeness (QED) is 0.747. The third-order valence-electron chi connectivity index (χ3n) is 2.32. The Labute approximate surface area is 91.0 Å². The van der Waals surface area contributed by atoms with Crippen molar-refractivity contribution >= 4 is 33.2 Å². The van der Waals surface area contributed by atoms with Crippen LogP contribution >= 0.6 is 15.9 Å². The predicted octanol–water partition coefficient (Wildman–Crippen LogP) is 2.51. The van der Waals surface area contributed by atoms with Crippen molar-refractivity contribution in [3.05, 3.63) is 22.2 Å². The summed E-state index contributed by atoms with van der Waals surface area (Å²) in [4.78, 5) is 11.4. The molecule has 0 saturated carbocycles. The fourth-order valence-corrected chi connectivity index (χ4v) is 1.79. The zero-order valence-electron chi connectivity index (χ0n) is 8.02. The maximum Gasteiger partial charge on any atom is 0.246 e. The number of halogens is 1. The molecule has 0 saturated heterocycles. The lowest BCUT2D eigenvalue weighted by atomic mass is 10.1. The van der Waals surface area contributed by atoms with Crippen LogP contribution in [0.25, 0.3) is 0 Å². The minimum atomic E-state index is -0.169. The van der Waals surface area contributed by atoms with E-state index in [9.17, 15) is 4.79 Å². The molecule has 1 aliphatic heterocycles. The van der Waals surface area contributed by atoms with E-state index in [1.165, 1.54) is 0 Å². The molecule has 0 spiro atoms. The summed E-state index contributed by atoms with van der Waals surface area (Å²) in [6, 6.07) is 3.77. The molecule has 0 fully saturated rings. The van der Waals surface area contributed by atoms with Crippen molar-refractivity contribution in [2.75, 3.05) is 10.6 Å². The smallest absolute Gasteiger partial charge is 0.246 e. The van der Waals surface area contributed by atoms with E-state index >= 15 is 0 Å². The first-order valence-corrected chi connectivity index (χ1v) is 5.25. The van der Waals surface area contributed by atoms with E-state index in [4.69, 9.17) is 0 Å². The fraction of sp³-hybridized carbons (Fsp3) is 0.300. The van der Waals surface area contributed by atoms with Gasteiger partial charge >= 0.3 is 0 Å². The van der Waals surface area contributed by atoms with Crippen LogP contribution < -0.4 is 10.6 Å². The van der Waals surface area contributed by atoms with Gasteiger partial charge in [0.15, 0.2) is 0 Å². The zero-order chi connectivity index (χ0) is 10.3. The van der Waals surface area contributed by atoms with Crippen molar-refractivity contribution in [1.82, 2.24) is 0 Å². The van der Waals surface area contributed by atoms with Crippen LogP contribution in [-0.2, 0) is 4.79 Å². The van der Waals surface area contributed by atoms with Gasteiger partial charge in [-0.05, 0) is 31.5 Å². The van der Waals surface area contributed by atoms with E-state index in [0.717, 1.165) is 21.4 Å². The van der Waals surface area contributed by atoms with E-state index < -0.39 is 0 Å². The Bertz CT molecular complexity index is 403. The average Bonchev–Trinajstić information content (AvgIpc) is 2.11. The van der Waals surface area contributed by atoms with Gasteiger partial charge in [-0.15, -0.1) is 0 Å². The number of benzene rings is 1. The highest BCUT2D eigenvalue weighted by Crippen LogP contribution is 2.32. The van der Waals surface area contributed by atoms with E-state index in [1.54, 1.807) is 0 Å². The van der Waals surface area contributed by atoms with Crippen LogP contribution in [0.4, 0.5) is 11.4 Å². The second-order valence-electron chi connectivity index (χ2n) is 3.50. The van der Waals surface area contributed by atoms with E-state index in [0.29, 0.717) is 0 Å². The molecule has 0 aliphatic carbocycles. The molecule has 1 atom stereocenters. The largest absolute Gasteiger partial charge is 0.372 e. The van der Waals surface area contributed by atoms with Gasteiger partial charge < -0.3 is 10.6 Å². The number of nitrogens with one attached hydrogen (secondary N) is 2. The standard InChI is InChI=1S/C10H11BrN2O/c1-5-3-8-9(4-7(5)11)12-6(2)10(14)13-8/h3-4,6,12H,1-2H3,(H,13,14). The number of hydrogen-bond donors (Lipinski definition) is 2. The summed E-state index contributed by atoms with van der Waals surface area (Å²) >= 11 is 3.46. The van der Waals surface area contributed by atoms with Crippen LogP contribution in [0.5, 0.6) is 0 Å². The lowest BCUT2D eigenvalue weighted by Gasteiger charge is -2.24. The van der Waals surface area contributed by atoms with Gasteiger partial charge in [-0.25, -0.2) is 0 Å². The highest BCUT2D eigenvalue weighted by atomic mass is 79.9. The summed E-state index contributed by atoms with van der Waals surface area (Å²) in [6.07, 6.45) is 0. The first-order chi connectivity index (χ1) is 6.58. The Morgan fingerprint density at radius 1 is 1.36 bits per heavy atom. The summed E-state index contributed by atoms with van der Waals surface area (Å²) in [5.74, 6) is 0.0132. The van der Waals surface area contributed by atoms with Gasteiger partial charge in [-0.3, -0.25) is 4.79 Å². The molecule has 1 heterocycles. The molecular formula is C10H11BrN2O. The first kappa shape index (κ1) is 9.52. The third-order valence-corrected chi connectivity index (χ3v) is 3.18. The fourth-order valence-electron chi connectivity index (χ4n) is 1.44. The van der Waals surface area contributed by atoms with Crippen molar-refractivity contribution in [3.63, 3.8) is 0 Å². The molecule has 1 aromatic rings. The summed E-state index contributed by atoms with van der Waals surface area (Å²) in [6.45, 7) is 3.83. The Morgan fingerprint density at radius 2 is 2.07 bits per heavy atom. The summed E-state index contributed by atoms with van der Waals surface area (Å²) in [5.41, 5.74) is 2.93. The number of rotatable bonds is 0. The molecular weight excluding hydrogens is 244 g/mol. The van der Waals surface area contributed by atoms with E-state index in [-0.39, 0.29) is 11.9 Å². The molecule has 74 valence electrons. The molecule has 0 bridgehead atoms. The Morgan fingerprint density at radius 3 is 2.79 bits per heavy atom. The Hall–Kier alpha value is -1.03. The average molecular weight is 255 g/mol. The van der Waals surface area contributed by atoms with Crippen LogP contribution in [0.15, 0.2) is 16.6 Å². The number of anilines is 2. The number of carbonyl (C=O) groups is 1. The van der Waals surface area contributed by atoms with Gasteiger partial charge in [0.05, 0.1) is 11.4 Å². The zero-order valence-corrected chi connectivity index (χ0v) is 9.60. The minimum absolute atomic E-state index is 0.0132. The van der Waals surface area contributed by atoms with Crippen LogP contribution in [0, 0.1) is 6.92 Å². The summed E-state index contributed by atoms with van der Waals surface area (Å²) in [5, 5.41) is 5.99. The first-order valence-electron chi connectivity index (χ1n) is 4.45. The molecule has 1 aliphatic rings. The second kappa shape index (κ2) is 3.28. The Kier molecular flexibility index (Phi) is 2.23. The SMILES string of the molecule is Cc1cc2c(cc1Br)NC(C)C(=O)N2. The van der Waals surface area contributed by atoms with Gasteiger partial charge in [-0.2, -0.15) is 0 Å². The number of aryl methyl sites for hydroxylation is 1. The molecule has 3 nitrogen and oxygen atoms in total. The normalized spacial score (nSPS) is 19.6.